The summed E-state index contributed by atoms with van der Waals surface area (Å²) in [5, 5.41) is 0. The fourth-order valence-electron chi connectivity index (χ4n) is 2.20. The van der Waals surface area contributed by atoms with E-state index in [-0.39, 0.29) is 17.9 Å². The van der Waals surface area contributed by atoms with Gasteiger partial charge in [0.05, 0.1) is 6.61 Å². The van der Waals surface area contributed by atoms with Gasteiger partial charge in [-0.2, -0.15) is 0 Å². The maximum Gasteiger partial charge on any atom is 0.328 e. The fourth-order valence-corrected chi connectivity index (χ4v) is 2.20. The Bertz CT molecular complexity index is 332. The minimum Gasteiger partial charge on any atom is -0.464 e. The third kappa shape index (κ3) is 4.06. The predicted molar refractivity (Wildman–Crippen MR) is 68.7 cm³/mol. The van der Waals surface area contributed by atoms with Crippen molar-refractivity contribution in [3.05, 3.63) is 0 Å². The molecule has 1 fully saturated rings. The number of carbonyl (C=O) groups is 2. The number of unbranched alkanes of at least 4 members (excludes halogenated alkanes) is 2. The average molecular weight is 251 g/mol. The molecular formula is C14H21NO3. The van der Waals surface area contributed by atoms with Gasteiger partial charge >= 0.3 is 5.97 Å². The van der Waals surface area contributed by atoms with Crippen LogP contribution in [0.25, 0.3) is 0 Å². The van der Waals surface area contributed by atoms with Crippen LogP contribution in [-0.4, -0.2) is 36.0 Å². The van der Waals surface area contributed by atoms with Crippen molar-refractivity contribution in [2.45, 2.75) is 51.5 Å². The highest BCUT2D eigenvalue weighted by atomic mass is 16.5. The summed E-state index contributed by atoms with van der Waals surface area (Å²) in [6.07, 6.45) is 9.57. The van der Waals surface area contributed by atoms with Crippen molar-refractivity contribution in [2.75, 3.05) is 13.2 Å². The molecule has 1 saturated heterocycles. The van der Waals surface area contributed by atoms with Crippen molar-refractivity contribution in [3.63, 3.8) is 0 Å². The number of hydrogen-bond acceptors (Lipinski definition) is 3. The van der Waals surface area contributed by atoms with Gasteiger partial charge in [-0.05, 0) is 32.6 Å². The summed E-state index contributed by atoms with van der Waals surface area (Å²) >= 11 is 0. The number of carbonyl (C=O) groups excluding carboxylic acids is 2. The number of likely N-dealkylation sites (tertiary alicyclic amines) is 1. The van der Waals surface area contributed by atoms with E-state index < -0.39 is 0 Å². The molecule has 1 atom stereocenters. The van der Waals surface area contributed by atoms with Crippen LogP contribution < -0.4 is 0 Å². The second-order valence-corrected chi connectivity index (χ2v) is 4.41. The van der Waals surface area contributed by atoms with Crippen LogP contribution in [0.5, 0.6) is 0 Å². The van der Waals surface area contributed by atoms with E-state index in [0.29, 0.717) is 26.0 Å². The summed E-state index contributed by atoms with van der Waals surface area (Å²) in [7, 11) is 0. The molecule has 0 saturated carbocycles. The first kappa shape index (κ1) is 14.6. The number of ether oxygens (including phenoxy) is 1. The van der Waals surface area contributed by atoms with E-state index in [4.69, 9.17) is 11.2 Å². The lowest BCUT2D eigenvalue weighted by Crippen LogP contribution is -2.41. The lowest BCUT2D eigenvalue weighted by Gasteiger charge is -2.23. The fraction of sp³-hybridized carbons (Fsp3) is 0.714. The van der Waals surface area contributed by atoms with Gasteiger partial charge in [-0.3, -0.25) is 4.79 Å². The third-order valence-electron chi connectivity index (χ3n) is 3.09. The van der Waals surface area contributed by atoms with Gasteiger partial charge in [0.2, 0.25) is 5.91 Å². The van der Waals surface area contributed by atoms with Crippen molar-refractivity contribution in [1.29, 1.82) is 0 Å². The number of rotatable bonds is 6. The Labute approximate surface area is 109 Å². The number of esters is 1. The minimum absolute atomic E-state index is 0.0441. The van der Waals surface area contributed by atoms with Crippen molar-refractivity contribution in [2.24, 2.45) is 0 Å². The molecule has 1 heterocycles. The van der Waals surface area contributed by atoms with Crippen LogP contribution in [0.1, 0.15) is 45.4 Å². The zero-order valence-corrected chi connectivity index (χ0v) is 11.0. The van der Waals surface area contributed by atoms with E-state index in [1.807, 2.05) is 0 Å². The quantitative estimate of drug-likeness (QED) is 0.410. The van der Waals surface area contributed by atoms with E-state index in [1.165, 1.54) is 0 Å². The monoisotopic (exact) mass is 251 g/mol. The zero-order valence-electron chi connectivity index (χ0n) is 11.0. The van der Waals surface area contributed by atoms with Gasteiger partial charge in [0.1, 0.15) is 6.04 Å². The van der Waals surface area contributed by atoms with Gasteiger partial charge in [-0.25, -0.2) is 4.79 Å². The predicted octanol–water partition coefficient (Wildman–Crippen LogP) is 1.73. The minimum atomic E-state index is -0.370. The SMILES string of the molecule is C#CCCCCC(=O)N1CCCC1C(=O)OCC. The second-order valence-electron chi connectivity index (χ2n) is 4.41. The topological polar surface area (TPSA) is 46.6 Å². The smallest absolute Gasteiger partial charge is 0.328 e. The molecule has 1 amide bonds. The molecule has 0 aromatic carbocycles. The van der Waals surface area contributed by atoms with Crippen molar-refractivity contribution in [3.8, 4) is 12.3 Å². The summed E-state index contributed by atoms with van der Waals surface area (Å²) in [4.78, 5) is 25.3. The summed E-state index contributed by atoms with van der Waals surface area (Å²) < 4.78 is 4.99. The van der Waals surface area contributed by atoms with Crippen LogP contribution in [0.3, 0.4) is 0 Å². The number of amides is 1. The van der Waals surface area contributed by atoms with E-state index in [1.54, 1.807) is 11.8 Å². The second kappa shape index (κ2) is 7.75. The third-order valence-corrected chi connectivity index (χ3v) is 3.09. The molecule has 4 heteroatoms. The highest BCUT2D eigenvalue weighted by Gasteiger charge is 2.34. The lowest BCUT2D eigenvalue weighted by atomic mass is 10.1. The highest BCUT2D eigenvalue weighted by molar-refractivity contribution is 5.85. The normalized spacial score (nSPS) is 18.4. The standard InChI is InChI=1S/C14H21NO3/c1-3-5-6-7-10-13(16)15-11-8-9-12(15)14(17)18-4-2/h1,12H,4-11H2,2H3. The Balaban J connectivity index is 2.41. The van der Waals surface area contributed by atoms with Gasteiger partial charge < -0.3 is 9.64 Å². The van der Waals surface area contributed by atoms with Crippen LogP contribution >= 0.6 is 0 Å². The largest absolute Gasteiger partial charge is 0.464 e. The highest BCUT2D eigenvalue weighted by Crippen LogP contribution is 2.20. The molecule has 0 aromatic heterocycles. The number of hydrogen-bond donors (Lipinski definition) is 0. The van der Waals surface area contributed by atoms with Crippen LogP contribution in [0.4, 0.5) is 0 Å². The molecule has 1 aliphatic heterocycles. The molecule has 1 aliphatic rings. The molecule has 0 aromatic rings. The van der Waals surface area contributed by atoms with Gasteiger partial charge in [-0.1, -0.05) is 0 Å². The first-order valence-electron chi connectivity index (χ1n) is 6.60. The molecule has 0 spiro atoms. The molecule has 100 valence electrons. The first-order valence-corrected chi connectivity index (χ1v) is 6.60. The van der Waals surface area contributed by atoms with E-state index in [9.17, 15) is 9.59 Å². The Morgan fingerprint density at radius 2 is 2.22 bits per heavy atom. The lowest BCUT2D eigenvalue weighted by molar-refractivity contribution is -0.153. The van der Waals surface area contributed by atoms with Crippen molar-refractivity contribution >= 4 is 11.9 Å². The summed E-state index contributed by atoms with van der Waals surface area (Å²) in [6.45, 7) is 2.80. The molecule has 18 heavy (non-hydrogen) atoms. The van der Waals surface area contributed by atoms with Gasteiger partial charge in [0, 0.05) is 19.4 Å². The summed E-state index contributed by atoms with van der Waals surface area (Å²) in [6, 6.07) is -0.370. The first-order chi connectivity index (χ1) is 8.70. The number of nitrogens with zero attached hydrogens (tertiary/aromatic N) is 1. The molecule has 0 radical (unpaired) electrons. The Morgan fingerprint density at radius 1 is 1.44 bits per heavy atom. The maximum atomic E-state index is 12.0. The van der Waals surface area contributed by atoms with E-state index >= 15 is 0 Å². The van der Waals surface area contributed by atoms with E-state index in [2.05, 4.69) is 5.92 Å². The van der Waals surface area contributed by atoms with E-state index in [0.717, 1.165) is 25.7 Å². The Morgan fingerprint density at radius 3 is 2.89 bits per heavy atom. The van der Waals surface area contributed by atoms with Crippen LogP contribution in [0.15, 0.2) is 0 Å². The van der Waals surface area contributed by atoms with Gasteiger partial charge in [0.25, 0.3) is 0 Å². The molecule has 1 rings (SSSR count). The Hall–Kier alpha value is -1.50. The van der Waals surface area contributed by atoms with Crippen LogP contribution in [0.2, 0.25) is 0 Å². The van der Waals surface area contributed by atoms with Crippen LogP contribution in [-0.2, 0) is 14.3 Å². The maximum absolute atomic E-state index is 12.0. The Kier molecular flexibility index (Phi) is 6.27. The molecule has 1 unspecified atom stereocenters. The van der Waals surface area contributed by atoms with Gasteiger partial charge in [0.15, 0.2) is 0 Å². The van der Waals surface area contributed by atoms with Gasteiger partial charge in [-0.15, -0.1) is 12.3 Å². The molecule has 4 nitrogen and oxygen atoms in total. The summed E-state index contributed by atoms with van der Waals surface area (Å²) in [5.41, 5.74) is 0. The summed E-state index contributed by atoms with van der Waals surface area (Å²) in [5.74, 6) is 2.33. The average Bonchev–Trinajstić information content (AvgIpc) is 2.84. The van der Waals surface area contributed by atoms with Crippen molar-refractivity contribution < 1.29 is 14.3 Å². The molecule has 0 aliphatic carbocycles. The van der Waals surface area contributed by atoms with Crippen LogP contribution in [0, 0.1) is 12.3 Å². The zero-order chi connectivity index (χ0) is 13.4. The molecule has 0 bridgehead atoms. The number of terminal acetylenes is 1. The molecule has 0 N–H and O–H groups in total. The molecular weight excluding hydrogens is 230 g/mol. The van der Waals surface area contributed by atoms with Crippen molar-refractivity contribution in [1.82, 2.24) is 4.90 Å².